The van der Waals surface area contributed by atoms with E-state index in [1.165, 1.54) is 6.07 Å². The molecular formula is C18H25ClO4. The molecule has 2 N–H and O–H groups in total. The maximum atomic E-state index is 11.7. The van der Waals surface area contributed by atoms with Crippen LogP contribution in [0.2, 0.25) is 5.02 Å². The lowest BCUT2D eigenvalue weighted by Crippen LogP contribution is -2.20. The molecule has 0 aliphatic carbocycles. The predicted molar refractivity (Wildman–Crippen MR) is 91.7 cm³/mol. The fraction of sp³-hybridized carbons (Fsp3) is 0.556. The minimum Gasteiger partial charge on any atom is -0.478 e. The second-order valence-electron chi connectivity index (χ2n) is 8.34. The van der Waals surface area contributed by atoms with Gasteiger partial charge in [0.2, 0.25) is 0 Å². The zero-order chi connectivity index (χ0) is 18.2. The first-order valence-electron chi connectivity index (χ1n) is 7.54. The van der Waals surface area contributed by atoms with Crippen LogP contribution >= 0.6 is 11.6 Å². The maximum Gasteiger partial charge on any atom is 0.336 e. The molecule has 1 aromatic rings. The number of carboxylic acids is 2. The average molecular weight is 341 g/mol. The van der Waals surface area contributed by atoms with Gasteiger partial charge in [0.25, 0.3) is 0 Å². The summed E-state index contributed by atoms with van der Waals surface area (Å²) in [6, 6.07) is 1.41. The van der Waals surface area contributed by atoms with E-state index in [-0.39, 0.29) is 22.0 Å². The van der Waals surface area contributed by atoms with Crippen molar-refractivity contribution >= 4 is 23.5 Å². The Kier molecular flexibility index (Phi) is 5.53. The molecule has 0 bridgehead atoms. The number of hydrogen-bond donors (Lipinski definition) is 2. The third kappa shape index (κ3) is 5.24. The van der Waals surface area contributed by atoms with E-state index in [0.717, 1.165) is 0 Å². The van der Waals surface area contributed by atoms with Crippen molar-refractivity contribution in [2.45, 2.75) is 54.4 Å². The number of aromatic carboxylic acids is 2. The van der Waals surface area contributed by atoms with Gasteiger partial charge in [-0.15, -0.1) is 0 Å². The lowest BCUT2D eigenvalue weighted by atomic mass is 9.81. The molecular weight excluding hydrogens is 316 g/mol. The molecule has 1 rings (SSSR count). The molecule has 0 aliphatic heterocycles. The van der Waals surface area contributed by atoms with E-state index in [4.69, 9.17) is 11.6 Å². The van der Waals surface area contributed by atoms with Crippen LogP contribution in [0.25, 0.3) is 0 Å². The summed E-state index contributed by atoms with van der Waals surface area (Å²) in [6.45, 7) is 12.0. The van der Waals surface area contributed by atoms with E-state index in [2.05, 4.69) is 0 Å². The van der Waals surface area contributed by atoms with Gasteiger partial charge in [0.15, 0.2) is 0 Å². The molecule has 0 fully saturated rings. The van der Waals surface area contributed by atoms with Crippen LogP contribution in [-0.4, -0.2) is 22.2 Å². The van der Waals surface area contributed by atoms with Crippen molar-refractivity contribution in [1.29, 1.82) is 0 Å². The number of carbonyl (C=O) groups is 2. The molecule has 0 amide bonds. The highest BCUT2D eigenvalue weighted by Crippen LogP contribution is 2.36. The summed E-state index contributed by atoms with van der Waals surface area (Å²) < 4.78 is 0. The average Bonchev–Trinajstić information content (AvgIpc) is 2.29. The van der Waals surface area contributed by atoms with Crippen LogP contribution in [0, 0.1) is 10.8 Å². The first kappa shape index (κ1) is 19.5. The Morgan fingerprint density at radius 1 is 0.957 bits per heavy atom. The zero-order valence-corrected chi connectivity index (χ0v) is 15.3. The summed E-state index contributed by atoms with van der Waals surface area (Å²) >= 11 is 6.49. The van der Waals surface area contributed by atoms with Crippen LogP contribution in [0.3, 0.4) is 0 Å². The minimum absolute atomic E-state index is 0.0941. The molecule has 128 valence electrons. The summed E-state index contributed by atoms with van der Waals surface area (Å²) in [5.41, 5.74) is 0.384. The van der Waals surface area contributed by atoms with Crippen LogP contribution in [0.1, 0.15) is 73.4 Å². The second kappa shape index (κ2) is 6.52. The quantitative estimate of drug-likeness (QED) is 0.816. The van der Waals surface area contributed by atoms with Gasteiger partial charge in [-0.2, -0.15) is 0 Å². The number of carboxylic acid groups (broad SMARTS) is 2. The van der Waals surface area contributed by atoms with Crippen molar-refractivity contribution in [3.63, 3.8) is 0 Å². The Balaban J connectivity index is 3.72. The molecule has 0 spiro atoms. The Hall–Kier alpha value is -1.55. The first-order chi connectivity index (χ1) is 10.2. The van der Waals surface area contributed by atoms with Gasteiger partial charge >= 0.3 is 11.9 Å². The number of halogens is 1. The van der Waals surface area contributed by atoms with Crippen LogP contribution in [-0.2, 0) is 12.8 Å². The highest BCUT2D eigenvalue weighted by Gasteiger charge is 2.28. The Morgan fingerprint density at radius 2 is 1.43 bits per heavy atom. The highest BCUT2D eigenvalue weighted by molar-refractivity contribution is 6.33. The third-order valence-electron chi connectivity index (χ3n) is 3.31. The molecule has 0 aromatic heterocycles. The third-order valence-corrected chi connectivity index (χ3v) is 3.78. The normalized spacial score (nSPS) is 12.3. The van der Waals surface area contributed by atoms with Crippen molar-refractivity contribution in [3.05, 3.63) is 33.3 Å². The van der Waals surface area contributed by atoms with Gasteiger partial charge in [0, 0.05) is 5.02 Å². The SMILES string of the molecule is CC(C)(C)Cc1cc(C(=O)O)c(C(=O)O)c(CC(C)(C)C)c1Cl. The van der Waals surface area contributed by atoms with Gasteiger partial charge in [-0.05, 0) is 40.9 Å². The Bertz CT molecular complexity index is 634. The second-order valence-corrected chi connectivity index (χ2v) is 8.71. The van der Waals surface area contributed by atoms with E-state index in [9.17, 15) is 19.8 Å². The highest BCUT2D eigenvalue weighted by atomic mass is 35.5. The molecule has 0 heterocycles. The summed E-state index contributed by atoms with van der Waals surface area (Å²) in [5.74, 6) is -2.50. The molecule has 5 heteroatoms. The molecule has 23 heavy (non-hydrogen) atoms. The van der Waals surface area contributed by atoms with E-state index >= 15 is 0 Å². The van der Waals surface area contributed by atoms with E-state index < -0.39 is 11.9 Å². The minimum atomic E-state index is -1.26. The van der Waals surface area contributed by atoms with Gasteiger partial charge in [0.05, 0.1) is 11.1 Å². The molecule has 0 unspecified atom stereocenters. The van der Waals surface area contributed by atoms with E-state index in [1.807, 2.05) is 41.5 Å². The molecule has 0 saturated heterocycles. The topological polar surface area (TPSA) is 74.6 Å². The number of hydrogen-bond acceptors (Lipinski definition) is 2. The summed E-state index contributed by atoms with van der Waals surface area (Å²) in [7, 11) is 0. The molecule has 0 atom stereocenters. The molecule has 0 saturated carbocycles. The van der Waals surface area contributed by atoms with Crippen molar-refractivity contribution in [3.8, 4) is 0 Å². The van der Waals surface area contributed by atoms with Crippen LogP contribution in [0.5, 0.6) is 0 Å². The largest absolute Gasteiger partial charge is 0.478 e. The monoisotopic (exact) mass is 340 g/mol. The summed E-state index contributed by atoms with van der Waals surface area (Å²) in [5, 5.41) is 19.3. The lowest BCUT2D eigenvalue weighted by Gasteiger charge is -2.25. The van der Waals surface area contributed by atoms with E-state index in [1.54, 1.807) is 0 Å². The van der Waals surface area contributed by atoms with Gasteiger partial charge in [-0.3, -0.25) is 0 Å². The molecule has 0 radical (unpaired) electrons. The molecule has 4 nitrogen and oxygen atoms in total. The van der Waals surface area contributed by atoms with Crippen LogP contribution < -0.4 is 0 Å². The van der Waals surface area contributed by atoms with Gasteiger partial charge in [-0.25, -0.2) is 9.59 Å². The van der Waals surface area contributed by atoms with Gasteiger partial charge in [-0.1, -0.05) is 53.1 Å². The van der Waals surface area contributed by atoms with Crippen LogP contribution in [0.15, 0.2) is 6.07 Å². The zero-order valence-electron chi connectivity index (χ0n) is 14.6. The molecule has 1 aromatic carbocycles. The summed E-state index contributed by atoms with van der Waals surface area (Å²) in [6.07, 6.45) is 0.967. The fourth-order valence-electron chi connectivity index (χ4n) is 2.59. The molecule has 0 aliphatic rings. The van der Waals surface area contributed by atoms with Gasteiger partial charge in [0.1, 0.15) is 0 Å². The van der Waals surface area contributed by atoms with Gasteiger partial charge < -0.3 is 10.2 Å². The summed E-state index contributed by atoms with van der Waals surface area (Å²) in [4.78, 5) is 23.2. The standard InChI is InChI=1S/C18H25ClO4/c1-17(2,3)8-10-7-11(15(20)21)13(16(22)23)12(14(10)19)9-18(4,5)6/h7H,8-9H2,1-6H3,(H,20,21)(H,22,23). The Labute approximate surface area is 142 Å². The van der Waals surface area contributed by atoms with Crippen molar-refractivity contribution in [2.24, 2.45) is 10.8 Å². The predicted octanol–water partition coefficient (Wildman–Crippen LogP) is 4.91. The maximum absolute atomic E-state index is 11.7. The van der Waals surface area contributed by atoms with Crippen molar-refractivity contribution < 1.29 is 19.8 Å². The number of rotatable bonds is 4. The fourth-order valence-corrected chi connectivity index (χ4v) is 2.87. The van der Waals surface area contributed by atoms with Crippen LogP contribution in [0.4, 0.5) is 0 Å². The Morgan fingerprint density at radius 3 is 1.78 bits per heavy atom. The first-order valence-corrected chi connectivity index (χ1v) is 7.91. The van der Waals surface area contributed by atoms with Crippen molar-refractivity contribution in [2.75, 3.05) is 0 Å². The smallest absolute Gasteiger partial charge is 0.336 e. The lowest BCUT2D eigenvalue weighted by molar-refractivity contribution is 0.0650. The van der Waals surface area contributed by atoms with E-state index in [0.29, 0.717) is 29.0 Å². The number of benzene rings is 1. The van der Waals surface area contributed by atoms with Crippen molar-refractivity contribution in [1.82, 2.24) is 0 Å².